The number of hydrogen-bond acceptors (Lipinski definition) is 41. The lowest BCUT2D eigenvalue weighted by Gasteiger charge is -2.72. The van der Waals surface area contributed by atoms with Gasteiger partial charge in [-0.25, -0.2) is 0 Å². The number of hydrogen-bond donors (Lipinski definition) is 22. The molecule has 0 radical (unpaired) electrons. The van der Waals surface area contributed by atoms with Gasteiger partial charge in [-0.05, 0) is 90.3 Å². The number of aliphatic hydroxyl groups excluding tert-OH is 21. The first-order chi connectivity index (χ1) is 55.9. The van der Waals surface area contributed by atoms with Gasteiger partial charge in [0.2, 0.25) is 12.2 Å². The first-order valence-electron chi connectivity index (χ1n) is 41.0. The van der Waals surface area contributed by atoms with E-state index < -0.39 is 342 Å². The number of fused-ring (bicyclic) bond motifs is 7. The lowest BCUT2D eigenvalue weighted by molar-refractivity contribution is -0.378. The van der Waals surface area contributed by atoms with Crippen LogP contribution in [0, 0.1) is 50.2 Å². The molecular formula is C77H123NO41. The molecule has 22 N–H and O–H groups in total. The number of rotatable bonds is 22. The van der Waals surface area contributed by atoms with Gasteiger partial charge in [-0.3, -0.25) is 14.4 Å². The van der Waals surface area contributed by atoms with Crippen LogP contribution in [0.1, 0.15) is 114 Å². The third-order valence-electron chi connectivity index (χ3n) is 28.9. The fourth-order valence-corrected chi connectivity index (χ4v) is 22.1. The second-order valence-electron chi connectivity index (χ2n) is 36.6. The molecule has 13 aliphatic rings. The van der Waals surface area contributed by atoms with Crippen molar-refractivity contribution in [2.24, 2.45) is 50.2 Å². The highest BCUT2D eigenvalue weighted by atomic mass is 16.8. The molecule has 45 unspecified atom stereocenters. The molecule has 682 valence electrons. The Morgan fingerprint density at radius 3 is 1.50 bits per heavy atom. The number of ether oxygens (including phenoxy) is 17. The van der Waals surface area contributed by atoms with Crippen LogP contribution in [0.2, 0.25) is 0 Å². The van der Waals surface area contributed by atoms with Gasteiger partial charge in [-0.15, -0.1) is 0 Å². The maximum atomic E-state index is 16.3. The molecule has 4 saturated carbocycles. The van der Waals surface area contributed by atoms with Crippen molar-refractivity contribution < 1.29 is 202 Å². The van der Waals surface area contributed by atoms with Crippen molar-refractivity contribution in [3.05, 3.63) is 11.6 Å². The van der Waals surface area contributed by atoms with Crippen LogP contribution in [0.25, 0.3) is 0 Å². The number of nitrogens with one attached hydrogen (secondary N) is 1. The number of carbonyl (C=O) groups excluding carboxylic acids is 3. The Labute approximate surface area is 684 Å². The minimum Gasteiger partial charge on any atom is -0.463 e. The third-order valence-corrected chi connectivity index (χ3v) is 28.9. The zero-order valence-electron chi connectivity index (χ0n) is 67.6. The summed E-state index contributed by atoms with van der Waals surface area (Å²) in [7, 11) is 0. The average Bonchev–Trinajstić information content (AvgIpc) is 0.933. The van der Waals surface area contributed by atoms with Gasteiger partial charge in [0.15, 0.2) is 50.1 Å². The molecule has 1 amide bonds. The topological polar surface area (TPSA) is 645 Å². The standard InChI is InChI=1S/C77H123NO41/c1-27(81)78-43-48(93)59(117-69-53(98)49(94)46(91)34(19-79)109-69)37(26-108-64-55(100)57(32(85)23-104-64)114-65-50(95)44(89)30(83)21-105-65)111-63(43)113-42-14-15-74(7)38(72(42,3)4)12-16-75(8)39(74)11-10-29-62-73(5,6)40(87)13-17-77(62,41(88)18-76(29,75)9)71(102)119-70-61(118-67-56(101)58(33(86)24-107-67)115-68-52(97)47(92)35(20-80)110-68)54(99)60(36(112-70)25-103-28(2)82)116-66-51(96)45(90)31(84)22-106-66/h10,30-70,79-80,83-101H,11-26H2,1-9H3,(H,78,81). The Morgan fingerprint density at radius 1 is 0.437 bits per heavy atom. The van der Waals surface area contributed by atoms with Crippen molar-refractivity contribution in [2.75, 3.05) is 52.9 Å². The van der Waals surface area contributed by atoms with Crippen LogP contribution >= 0.6 is 0 Å². The highest BCUT2D eigenvalue weighted by Gasteiger charge is 2.75. The quantitative estimate of drug-likeness (QED) is 0.0272. The summed E-state index contributed by atoms with van der Waals surface area (Å²) in [5, 5.41) is 237. The van der Waals surface area contributed by atoms with Crippen LogP contribution < -0.4 is 5.32 Å². The number of carbonyl (C=O) groups is 3. The average molecular weight is 1720 g/mol. The van der Waals surface area contributed by atoms with Gasteiger partial charge in [-0.1, -0.05) is 60.1 Å². The summed E-state index contributed by atoms with van der Waals surface area (Å²) in [5.41, 5.74) is -5.46. The smallest absolute Gasteiger partial charge is 0.317 e. The van der Waals surface area contributed by atoms with E-state index in [9.17, 15) is 117 Å². The first-order valence-corrected chi connectivity index (χ1v) is 41.0. The van der Waals surface area contributed by atoms with Crippen LogP contribution in [0.3, 0.4) is 0 Å². The highest BCUT2D eigenvalue weighted by Crippen LogP contribution is 2.77. The molecule has 13 rings (SSSR count). The van der Waals surface area contributed by atoms with Gasteiger partial charge in [0.1, 0.15) is 171 Å². The van der Waals surface area contributed by atoms with Gasteiger partial charge in [0.25, 0.3) is 0 Å². The van der Waals surface area contributed by atoms with Gasteiger partial charge < -0.3 is 193 Å². The van der Waals surface area contributed by atoms with E-state index >= 15 is 4.79 Å². The summed E-state index contributed by atoms with van der Waals surface area (Å²) in [6, 6.07) is -1.49. The van der Waals surface area contributed by atoms with Crippen LogP contribution in [0.15, 0.2) is 11.6 Å². The summed E-state index contributed by atoms with van der Waals surface area (Å²) in [6.45, 7) is 11.0. The Kier molecular flexibility index (Phi) is 28.3. The second kappa shape index (κ2) is 36.1. The molecule has 8 heterocycles. The molecule has 42 heteroatoms. The summed E-state index contributed by atoms with van der Waals surface area (Å²) in [6.07, 6.45) is -60.0. The molecular weight excluding hydrogens is 1590 g/mol. The van der Waals surface area contributed by atoms with E-state index in [-0.39, 0.29) is 31.1 Å². The summed E-state index contributed by atoms with van der Waals surface area (Å²) in [4.78, 5) is 42.2. The second-order valence-corrected chi connectivity index (χ2v) is 36.6. The Bertz CT molecular complexity index is 3500. The molecule has 42 nitrogen and oxygen atoms in total. The van der Waals surface area contributed by atoms with E-state index in [0.717, 1.165) is 12.5 Å². The molecule has 8 saturated heterocycles. The normalized spacial score (nSPS) is 52.3. The molecule has 0 aromatic heterocycles. The van der Waals surface area contributed by atoms with Gasteiger partial charge in [0, 0.05) is 19.8 Å². The van der Waals surface area contributed by atoms with Crippen molar-refractivity contribution in [2.45, 2.75) is 347 Å². The lowest BCUT2D eigenvalue weighted by Crippen LogP contribution is -2.71. The molecule has 8 aliphatic heterocycles. The van der Waals surface area contributed by atoms with Crippen molar-refractivity contribution in [1.29, 1.82) is 0 Å². The summed E-state index contributed by atoms with van der Waals surface area (Å²) < 4.78 is 102. The summed E-state index contributed by atoms with van der Waals surface area (Å²) in [5.74, 6) is -4.02. The van der Waals surface area contributed by atoms with Gasteiger partial charge >= 0.3 is 11.9 Å². The van der Waals surface area contributed by atoms with Crippen LogP contribution in [-0.2, 0) is 94.9 Å². The predicted molar refractivity (Wildman–Crippen MR) is 387 cm³/mol. The lowest BCUT2D eigenvalue weighted by atomic mass is 9.32. The first kappa shape index (κ1) is 93.4. The molecule has 5 aliphatic carbocycles. The van der Waals surface area contributed by atoms with E-state index in [4.69, 9.17) is 80.5 Å². The fourth-order valence-electron chi connectivity index (χ4n) is 22.1. The van der Waals surface area contributed by atoms with Gasteiger partial charge in [0.05, 0.1) is 64.6 Å². The maximum Gasteiger partial charge on any atom is 0.317 e. The Hall–Kier alpha value is -3.29. The molecule has 0 bridgehead atoms. The summed E-state index contributed by atoms with van der Waals surface area (Å²) >= 11 is 0. The molecule has 0 aromatic carbocycles. The van der Waals surface area contributed by atoms with Crippen LogP contribution in [0.5, 0.6) is 0 Å². The Morgan fingerprint density at radius 2 is 0.916 bits per heavy atom. The third kappa shape index (κ3) is 16.9. The number of esters is 2. The van der Waals surface area contributed by atoms with Crippen molar-refractivity contribution in [1.82, 2.24) is 5.32 Å². The molecule has 0 aromatic rings. The van der Waals surface area contributed by atoms with E-state index in [0.29, 0.717) is 32.1 Å². The van der Waals surface area contributed by atoms with E-state index in [1.807, 2.05) is 13.8 Å². The Balaban J connectivity index is 0.776. The largest absolute Gasteiger partial charge is 0.463 e. The monoisotopic (exact) mass is 1720 g/mol. The minimum absolute atomic E-state index is 0.0450. The molecule has 0 spiro atoms. The van der Waals surface area contributed by atoms with Gasteiger partial charge in [-0.2, -0.15) is 0 Å². The highest BCUT2D eigenvalue weighted by molar-refractivity contribution is 5.80. The number of allylic oxidation sites excluding steroid dienone is 2. The van der Waals surface area contributed by atoms with Crippen molar-refractivity contribution in [3.63, 3.8) is 0 Å². The molecule has 12 fully saturated rings. The van der Waals surface area contributed by atoms with E-state index in [1.165, 1.54) is 6.92 Å². The minimum atomic E-state index is -2.18. The van der Waals surface area contributed by atoms with Crippen molar-refractivity contribution in [3.8, 4) is 0 Å². The van der Waals surface area contributed by atoms with Crippen molar-refractivity contribution >= 4 is 17.8 Å². The SMILES string of the molecule is CC(=O)NC1C(OC2CCC3(C)C(CCC4(C)C3CC=C3C5C(C)(C)C(O)CCC5(C(=O)OC5OC(COC(C)=O)C(OC6OCC(O)C(O)C6O)C(O)C5OC5OCC(O)C(OC6OC(CO)C(O)C6O)C5O)C(O)CC34C)C2(C)C)OC(COC2OCC(O)C(OC3OCC(O)C(O)C3O)C2O)C(OC2OC(CO)C(O)C(O)C2O)C1O. The van der Waals surface area contributed by atoms with Crippen LogP contribution in [0.4, 0.5) is 0 Å². The van der Waals surface area contributed by atoms with E-state index in [2.05, 4.69) is 32.2 Å². The molecule has 45 atom stereocenters. The number of amides is 1. The van der Waals surface area contributed by atoms with Crippen LogP contribution in [-0.4, -0.2) is 411 Å². The zero-order chi connectivity index (χ0) is 86.7. The fraction of sp³-hybridized carbons (Fsp3) is 0.935. The number of aliphatic hydroxyl groups is 21. The predicted octanol–water partition coefficient (Wildman–Crippen LogP) is -8.89. The maximum absolute atomic E-state index is 16.3. The molecule has 119 heavy (non-hydrogen) atoms. The zero-order valence-corrected chi connectivity index (χ0v) is 67.6. The van der Waals surface area contributed by atoms with E-state index in [1.54, 1.807) is 13.8 Å².